The average Bonchev–Trinajstić information content (AvgIpc) is 2.77. The predicted molar refractivity (Wildman–Crippen MR) is 68.5 cm³/mol. The number of carbonyl (C=O) groups is 1. The van der Waals surface area contributed by atoms with E-state index in [1.165, 1.54) is 13.1 Å². The highest BCUT2D eigenvalue weighted by Crippen LogP contribution is 2.24. The maximum absolute atomic E-state index is 10.5. The maximum atomic E-state index is 10.5. The first-order chi connectivity index (χ1) is 8.65. The molecule has 1 aromatic carbocycles. The Bertz CT molecular complexity index is 589. The zero-order chi connectivity index (χ0) is 13.0. The minimum atomic E-state index is -0.479. The van der Waals surface area contributed by atoms with Crippen molar-refractivity contribution in [1.29, 1.82) is 0 Å². The molecule has 0 aliphatic carbocycles. The molecule has 0 aliphatic rings. The van der Waals surface area contributed by atoms with E-state index in [4.69, 9.17) is 16.0 Å². The second kappa shape index (κ2) is 5.51. The van der Waals surface area contributed by atoms with E-state index >= 15 is 0 Å². The maximum Gasteiger partial charge on any atom is 0.331 e. The van der Waals surface area contributed by atoms with Crippen LogP contribution in [0.4, 0.5) is 0 Å². The van der Waals surface area contributed by atoms with Crippen molar-refractivity contribution in [2.24, 2.45) is 5.16 Å². The Labute approximate surface area is 109 Å². The van der Waals surface area contributed by atoms with Gasteiger partial charge in [0.1, 0.15) is 17.7 Å². The van der Waals surface area contributed by atoms with Crippen LogP contribution in [0.3, 0.4) is 0 Å². The zero-order valence-corrected chi connectivity index (χ0v) is 10.3. The number of hydrogen-bond donors (Lipinski definition) is 0. The van der Waals surface area contributed by atoms with Crippen molar-refractivity contribution >= 4 is 23.8 Å². The molecule has 0 bridgehead atoms. The molecule has 0 spiro atoms. The fourth-order valence-electron chi connectivity index (χ4n) is 1.37. The van der Waals surface area contributed by atoms with Gasteiger partial charge < -0.3 is 9.25 Å². The summed E-state index contributed by atoms with van der Waals surface area (Å²) in [6, 6.07) is 10.8. The highest BCUT2D eigenvalue weighted by Gasteiger charge is 2.04. The first-order valence-electron chi connectivity index (χ1n) is 5.22. The minimum Gasteiger partial charge on any atom is -0.455 e. The average molecular weight is 264 g/mol. The summed E-state index contributed by atoms with van der Waals surface area (Å²) in [7, 11) is 0. The number of halogens is 1. The minimum absolute atomic E-state index is 0.479. The van der Waals surface area contributed by atoms with Gasteiger partial charge in [-0.15, -0.1) is 0 Å². The molecule has 5 heteroatoms. The Morgan fingerprint density at radius 1 is 1.39 bits per heavy atom. The van der Waals surface area contributed by atoms with Crippen molar-refractivity contribution < 1.29 is 14.0 Å². The molecule has 0 unspecified atom stereocenters. The van der Waals surface area contributed by atoms with Crippen molar-refractivity contribution in [3.05, 3.63) is 47.2 Å². The summed E-state index contributed by atoms with van der Waals surface area (Å²) in [6.45, 7) is 1.27. The van der Waals surface area contributed by atoms with Gasteiger partial charge in [-0.25, -0.2) is 4.79 Å². The Kier molecular flexibility index (Phi) is 3.79. The zero-order valence-electron chi connectivity index (χ0n) is 9.59. The van der Waals surface area contributed by atoms with E-state index < -0.39 is 5.97 Å². The van der Waals surface area contributed by atoms with Crippen molar-refractivity contribution in [2.45, 2.75) is 6.92 Å². The fourth-order valence-corrected chi connectivity index (χ4v) is 1.56. The lowest BCUT2D eigenvalue weighted by molar-refractivity contribution is -0.140. The highest BCUT2D eigenvalue weighted by molar-refractivity contribution is 6.30. The topological polar surface area (TPSA) is 51.8 Å². The summed E-state index contributed by atoms with van der Waals surface area (Å²) in [5.41, 5.74) is 0.870. The van der Waals surface area contributed by atoms with Gasteiger partial charge >= 0.3 is 5.97 Å². The van der Waals surface area contributed by atoms with Gasteiger partial charge in [-0.05, 0) is 24.3 Å². The molecule has 0 saturated heterocycles. The molecule has 1 heterocycles. The quantitative estimate of drug-likeness (QED) is 0.484. The molecular formula is C13H10ClNO3. The van der Waals surface area contributed by atoms with Crippen LogP contribution < -0.4 is 0 Å². The molecule has 0 aliphatic heterocycles. The van der Waals surface area contributed by atoms with E-state index in [1.54, 1.807) is 24.3 Å². The van der Waals surface area contributed by atoms with Crippen molar-refractivity contribution in [1.82, 2.24) is 0 Å². The van der Waals surface area contributed by atoms with Gasteiger partial charge in [0.05, 0.1) is 0 Å². The van der Waals surface area contributed by atoms with Crippen LogP contribution in [-0.2, 0) is 9.63 Å². The molecule has 0 N–H and O–H groups in total. The molecule has 0 atom stereocenters. The lowest BCUT2D eigenvalue weighted by atomic mass is 10.2. The molecule has 2 aromatic rings. The van der Waals surface area contributed by atoms with Crippen LogP contribution in [0.2, 0.25) is 5.02 Å². The molecule has 0 radical (unpaired) electrons. The molecule has 0 amide bonds. The van der Waals surface area contributed by atoms with Gasteiger partial charge in [-0.1, -0.05) is 28.9 Å². The monoisotopic (exact) mass is 263 g/mol. The Morgan fingerprint density at radius 2 is 2.22 bits per heavy atom. The first-order valence-corrected chi connectivity index (χ1v) is 5.59. The van der Waals surface area contributed by atoms with Crippen LogP contribution in [0, 0.1) is 0 Å². The van der Waals surface area contributed by atoms with Gasteiger partial charge in [0.25, 0.3) is 0 Å². The number of carbonyl (C=O) groups excluding carboxylic acids is 1. The van der Waals surface area contributed by atoms with E-state index in [0.717, 1.165) is 5.56 Å². The lowest BCUT2D eigenvalue weighted by Gasteiger charge is -1.96. The highest BCUT2D eigenvalue weighted by atomic mass is 35.5. The molecular weight excluding hydrogens is 254 g/mol. The summed E-state index contributed by atoms with van der Waals surface area (Å²) in [4.78, 5) is 14.9. The van der Waals surface area contributed by atoms with E-state index in [9.17, 15) is 4.79 Å². The Morgan fingerprint density at radius 3 is 2.94 bits per heavy atom. The second-order valence-corrected chi connectivity index (χ2v) is 3.97. The number of rotatable bonds is 3. The first kappa shape index (κ1) is 12.4. The van der Waals surface area contributed by atoms with Crippen LogP contribution >= 0.6 is 11.6 Å². The van der Waals surface area contributed by atoms with E-state index in [1.807, 2.05) is 12.1 Å². The largest absolute Gasteiger partial charge is 0.455 e. The van der Waals surface area contributed by atoms with Crippen LogP contribution in [0.15, 0.2) is 46.0 Å². The summed E-state index contributed by atoms with van der Waals surface area (Å²) in [5, 5.41) is 4.11. The SMILES string of the molecule is CC(=O)O/N=C/c1ccc(-c2cccc(Cl)c2)o1. The summed E-state index contributed by atoms with van der Waals surface area (Å²) < 4.78 is 5.51. The van der Waals surface area contributed by atoms with E-state index in [2.05, 4.69) is 9.99 Å². The van der Waals surface area contributed by atoms with Gasteiger partial charge in [-0.2, -0.15) is 0 Å². The number of benzene rings is 1. The molecule has 2 rings (SSSR count). The predicted octanol–water partition coefficient (Wildman–Crippen LogP) is 3.50. The third-order valence-corrected chi connectivity index (χ3v) is 2.33. The van der Waals surface area contributed by atoms with Crippen LogP contribution in [0.25, 0.3) is 11.3 Å². The standard InChI is InChI=1S/C13H10ClNO3/c1-9(16)18-15-8-12-5-6-13(17-12)10-3-2-4-11(14)7-10/h2-8H,1H3/b15-8+. The van der Waals surface area contributed by atoms with Gasteiger partial charge in [-0.3, -0.25) is 0 Å². The summed E-state index contributed by atoms with van der Waals surface area (Å²) in [6.07, 6.45) is 1.33. The Balaban J connectivity index is 2.15. The van der Waals surface area contributed by atoms with Gasteiger partial charge in [0.15, 0.2) is 0 Å². The Hall–Kier alpha value is -2.07. The van der Waals surface area contributed by atoms with Gasteiger partial charge in [0.2, 0.25) is 0 Å². The fraction of sp³-hybridized carbons (Fsp3) is 0.0769. The molecule has 4 nitrogen and oxygen atoms in total. The van der Waals surface area contributed by atoms with Crippen LogP contribution in [0.5, 0.6) is 0 Å². The van der Waals surface area contributed by atoms with Crippen molar-refractivity contribution in [3.63, 3.8) is 0 Å². The molecule has 18 heavy (non-hydrogen) atoms. The normalized spacial score (nSPS) is 10.8. The number of hydrogen-bond acceptors (Lipinski definition) is 4. The summed E-state index contributed by atoms with van der Waals surface area (Å²) >= 11 is 5.89. The van der Waals surface area contributed by atoms with E-state index in [0.29, 0.717) is 16.5 Å². The van der Waals surface area contributed by atoms with Crippen molar-refractivity contribution in [3.8, 4) is 11.3 Å². The molecule has 92 valence electrons. The third kappa shape index (κ3) is 3.21. The molecule has 1 aromatic heterocycles. The van der Waals surface area contributed by atoms with Crippen molar-refractivity contribution in [2.75, 3.05) is 0 Å². The van der Waals surface area contributed by atoms with Crippen LogP contribution in [0.1, 0.15) is 12.7 Å². The molecule has 0 saturated carbocycles. The smallest absolute Gasteiger partial charge is 0.331 e. The number of nitrogens with zero attached hydrogens (tertiary/aromatic N) is 1. The second-order valence-electron chi connectivity index (χ2n) is 3.53. The number of furan rings is 1. The van der Waals surface area contributed by atoms with Crippen LogP contribution in [-0.4, -0.2) is 12.2 Å². The summed E-state index contributed by atoms with van der Waals surface area (Å²) in [5.74, 6) is 0.681. The lowest BCUT2D eigenvalue weighted by Crippen LogP contribution is -1.90. The van der Waals surface area contributed by atoms with E-state index in [-0.39, 0.29) is 0 Å². The molecule has 0 fully saturated rings. The number of oxime groups is 1. The van der Waals surface area contributed by atoms with Gasteiger partial charge in [0, 0.05) is 17.5 Å². The third-order valence-electron chi connectivity index (χ3n) is 2.10.